The fraction of sp³-hybridized carbons (Fsp3) is 0.731. The van der Waals surface area contributed by atoms with Gasteiger partial charge in [-0.1, -0.05) is 0 Å². The Morgan fingerprint density at radius 1 is 1.09 bits per heavy atom. The Morgan fingerprint density at radius 3 is 2.49 bits per heavy atom. The molecule has 1 aliphatic carbocycles. The van der Waals surface area contributed by atoms with Gasteiger partial charge in [-0.2, -0.15) is 5.10 Å². The van der Waals surface area contributed by atoms with Crippen molar-refractivity contribution in [2.45, 2.75) is 70.9 Å². The molecule has 0 aromatic carbocycles. The minimum absolute atomic E-state index is 0.0657. The highest BCUT2D eigenvalue weighted by atomic mass is 32.1. The number of hydrogen-bond acceptors (Lipinski definition) is 6. The van der Waals surface area contributed by atoms with Crippen molar-refractivity contribution in [2.75, 3.05) is 45.9 Å². The van der Waals surface area contributed by atoms with Gasteiger partial charge in [-0.15, -0.1) is 11.3 Å². The summed E-state index contributed by atoms with van der Waals surface area (Å²) in [7, 11) is 0. The number of amides is 2. The summed E-state index contributed by atoms with van der Waals surface area (Å²) in [5.41, 5.74) is 1.00. The molecule has 1 saturated carbocycles. The van der Waals surface area contributed by atoms with Crippen LogP contribution in [0.1, 0.15) is 73.3 Å². The molecule has 9 heteroatoms. The van der Waals surface area contributed by atoms with Crippen molar-refractivity contribution in [1.29, 1.82) is 0 Å². The Labute approximate surface area is 212 Å². The van der Waals surface area contributed by atoms with Gasteiger partial charge in [0.1, 0.15) is 4.83 Å². The molecule has 2 aliphatic heterocycles. The summed E-state index contributed by atoms with van der Waals surface area (Å²) in [6.45, 7) is 10.1. The minimum atomic E-state index is 0.0657. The lowest BCUT2D eigenvalue weighted by Crippen LogP contribution is -2.48. The predicted molar refractivity (Wildman–Crippen MR) is 138 cm³/mol. The van der Waals surface area contributed by atoms with Crippen LogP contribution in [-0.2, 0) is 9.53 Å². The third-order valence-electron chi connectivity index (χ3n) is 8.18. The highest BCUT2D eigenvalue weighted by Crippen LogP contribution is 2.34. The Hall–Kier alpha value is -1.97. The lowest BCUT2D eigenvalue weighted by molar-refractivity contribution is -0.130. The maximum atomic E-state index is 13.1. The van der Waals surface area contributed by atoms with E-state index < -0.39 is 0 Å². The molecule has 0 bridgehead atoms. The molecule has 0 unspecified atom stereocenters. The molecule has 8 nitrogen and oxygen atoms in total. The monoisotopic (exact) mass is 501 g/mol. The number of fused-ring (bicyclic) bond motifs is 1. The highest BCUT2D eigenvalue weighted by Gasteiger charge is 2.27. The lowest BCUT2D eigenvalue weighted by atomic mass is 9.84. The summed E-state index contributed by atoms with van der Waals surface area (Å²) in [5.74, 6) is 0.999. The largest absolute Gasteiger partial charge is 0.381 e. The number of nitrogens with zero attached hydrogens (tertiary/aromatic N) is 4. The number of carbonyl (C=O) groups is 2. The van der Waals surface area contributed by atoms with Crippen molar-refractivity contribution in [1.82, 2.24) is 24.9 Å². The molecule has 2 aromatic rings. The van der Waals surface area contributed by atoms with E-state index in [1.807, 2.05) is 17.9 Å². The van der Waals surface area contributed by atoms with Crippen LogP contribution < -0.4 is 5.32 Å². The number of aromatic nitrogens is 2. The van der Waals surface area contributed by atoms with Crippen LogP contribution in [0.3, 0.4) is 0 Å². The normalized spacial score (nSPS) is 24.7. The molecule has 5 rings (SSSR count). The maximum Gasteiger partial charge on any atom is 0.261 e. The molecule has 2 amide bonds. The number of hydrogen-bond donors (Lipinski definition) is 1. The van der Waals surface area contributed by atoms with Gasteiger partial charge in [-0.05, 0) is 70.4 Å². The van der Waals surface area contributed by atoms with Crippen LogP contribution in [0.25, 0.3) is 10.2 Å². The van der Waals surface area contributed by atoms with E-state index in [0.717, 1.165) is 98.3 Å². The van der Waals surface area contributed by atoms with E-state index in [-0.39, 0.29) is 17.9 Å². The van der Waals surface area contributed by atoms with E-state index in [1.165, 1.54) is 19.3 Å². The zero-order valence-electron chi connectivity index (χ0n) is 21.1. The van der Waals surface area contributed by atoms with E-state index in [4.69, 9.17) is 9.84 Å². The van der Waals surface area contributed by atoms with Gasteiger partial charge >= 0.3 is 0 Å². The number of aryl methyl sites for hydroxylation is 1. The van der Waals surface area contributed by atoms with Gasteiger partial charge in [0, 0.05) is 57.7 Å². The quantitative estimate of drug-likeness (QED) is 0.654. The molecular formula is C26H39N5O3S. The molecule has 35 heavy (non-hydrogen) atoms. The summed E-state index contributed by atoms with van der Waals surface area (Å²) in [5, 5.41) is 9.21. The molecular weight excluding hydrogens is 462 g/mol. The third kappa shape index (κ3) is 5.73. The standard InChI is InChI=1S/C26H39N5O3S/c1-18-23-17-24(35-26(23)31(28-18)22-8-15-34-16-9-22)25(33)27-21-5-3-20(4-6-21)7-10-29-11-13-30(14-12-29)19(2)32/h17,20-22H,3-16H2,1-2H3,(H,27,33). The van der Waals surface area contributed by atoms with Gasteiger partial charge in [0.25, 0.3) is 5.91 Å². The highest BCUT2D eigenvalue weighted by molar-refractivity contribution is 7.20. The fourth-order valence-electron chi connectivity index (χ4n) is 5.86. The number of ether oxygens (including phenoxy) is 1. The minimum Gasteiger partial charge on any atom is -0.381 e. The van der Waals surface area contributed by atoms with Crippen molar-refractivity contribution >= 4 is 33.4 Å². The van der Waals surface area contributed by atoms with Gasteiger partial charge in [0.05, 0.1) is 16.6 Å². The van der Waals surface area contributed by atoms with Crippen LogP contribution in [0.2, 0.25) is 0 Å². The second-order valence-electron chi connectivity index (χ2n) is 10.5. The van der Waals surface area contributed by atoms with Gasteiger partial charge in [-0.3, -0.25) is 19.2 Å². The summed E-state index contributed by atoms with van der Waals surface area (Å²) in [6, 6.07) is 2.67. The summed E-state index contributed by atoms with van der Waals surface area (Å²) in [4.78, 5) is 31.0. The average Bonchev–Trinajstić information content (AvgIpc) is 3.45. The average molecular weight is 502 g/mol. The Morgan fingerprint density at radius 2 is 1.80 bits per heavy atom. The van der Waals surface area contributed by atoms with Gasteiger partial charge in [-0.25, -0.2) is 0 Å². The van der Waals surface area contributed by atoms with E-state index in [0.29, 0.717) is 6.04 Å². The Balaban J connectivity index is 1.09. The molecule has 0 spiro atoms. The molecule has 2 saturated heterocycles. The van der Waals surface area contributed by atoms with Crippen molar-refractivity contribution in [2.24, 2.45) is 5.92 Å². The van der Waals surface area contributed by atoms with Crippen LogP contribution in [-0.4, -0.2) is 83.4 Å². The van der Waals surface area contributed by atoms with Crippen molar-refractivity contribution in [3.05, 3.63) is 16.6 Å². The van der Waals surface area contributed by atoms with E-state index in [9.17, 15) is 9.59 Å². The molecule has 0 radical (unpaired) electrons. The van der Waals surface area contributed by atoms with Crippen molar-refractivity contribution in [3.63, 3.8) is 0 Å². The first-order chi connectivity index (χ1) is 17.0. The zero-order valence-corrected chi connectivity index (χ0v) is 21.9. The van der Waals surface area contributed by atoms with Crippen molar-refractivity contribution < 1.29 is 14.3 Å². The first-order valence-electron chi connectivity index (χ1n) is 13.3. The van der Waals surface area contributed by atoms with E-state index >= 15 is 0 Å². The molecule has 2 aromatic heterocycles. The van der Waals surface area contributed by atoms with Gasteiger partial charge < -0.3 is 15.0 Å². The topological polar surface area (TPSA) is 79.7 Å². The van der Waals surface area contributed by atoms with Crippen LogP contribution in [0.15, 0.2) is 6.07 Å². The zero-order chi connectivity index (χ0) is 24.4. The molecule has 1 N–H and O–H groups in total. The molecule has 3 fully saturated rings. The van der Waals surface area contributed by atoms with Crippen LogP contribution in [0.5, 0.6) is 0 Å². The van der Waals surface area contributed by atoms with E-state index in [1.54, 1.807) is 18.3 Å². The Bertz CT molecular complexity index is 1030. The Kier molecular flexibility index (Phi) is 7.74. The second-order valence-corrected chi connectivity index (χ2v) is 11.6. The number of thiophene rings is 1. The molecule has 0 atom stereocenters. The number of piperazine rings is 1. The maximum absolute atomic E-state index is 13.1. The summed E-state index contributed by atoms with van der Waals surface area (Å²) < 4.78 is 7.65. The smallest absolute Gasteiger partial charge is 0.261 e. The molecule has 4 heterocycles. The van der Waals surface area contributed by atoms with Gasteiger partial charge in [0.2, 0.25) is 5.91 Å². The summed E-state index contributed by atoms with van der Waals surface area (Å²) >= 11 is 1.58. The van der Waals surface area contributed by atoms with Crippen LogP contribution in [0.4, 0.5) is 0 Å². The SMILES string of the molecule is CC(=O)N1CCN(CCC2CCC(NC(=O)c3cc4c(C)nn(C5CCOCC5)c4s3)CC2)CC1. The first kappa shape index (κ1) is 24.7. The van der Waals surface area contributed by atoms with E-state index in [2.05, 4.69) is 14.9 Å². The van der Waals surface area contributed by atoms with Crippen molar-refractivity contribution in [3.8, 4) is 0 Å². The molecule has 192 valence electrons. The number of carbonyl (C=O) groups excluding carboxylic acids is 2. The third-order valence-corrected chi connectivity index (χ3v) is 9.31. The van der Waals surface area contributed by atoms with Crippen LogP contribution >= 0.6 is 11.3 Å². The fourth-order valence-corrected chi connectivity index (χ4v) is 7.00. The predicted octanol–water partition coefficient (Wildman–Crippen LogP) is 3.60. The first-order valence-corrected chi connectivity index (χ1v) is 14.1. The van der Waals surface area contributed by atoms with Crippen LogP contribution in [0, 0.1) is 12.8 Å². The lowest BCUT2D eigenvalue weighted by Gasteiger charge is -2.35. The second kappa shape index (κ2) is 11.0. The van der Waals surface area contributed by atoms with Gasteiger partial charge in [0.15, 0.2) is 0 Å². The number of rotatable bonds is 6. The number of nitrogens with one attached hydrogen (secondary N) is 1. The molecule has 3 aliphatic rings. The summed E-state index contributed by atoms with van der Waals surface area (Å²) in [6.07, 6.45) is 7.67.